The van der Waals surface area contributed by atoms with E-state index in [2.05, 4.69) is 5.32 Å². The summed E-state index contributed by atoms with van der Waals surface area (Å²) in [6, 6.07) is 5.82. The van der Waals surface area contributed by atoms with Gasteiger partial charge in [-0.25, -0.2) is 12.7 Å². The molecule has 0 saturated carbocycles. The van der Waals surface area contributed by atoms with Crippen LogP contribution in [-0.4, -0.2) is 37.5 Å². The standard InChI is InChI=1S/C18H28N2O3S/c1-4-5-11-24(22,23)20-10-6-7-16(13-20)18(21)19-17-9-8-14(2)15(3)12-17/h8-9,12,16H,4-7,10-11,13H2,1-3H3,(H,19,21)/t16-/m0/s1. The largest absolute Gasteiger partial charge is 0.326 e. The Hall–Kier alpha value is -1.40. The number of benzene rings is 1. The zero-order valence-corrected chi connectivity index (χ0v) is 15.7. The maximum Gasteiger partial charge on any atom is 0.228 e. The first-order valence-corrected chi connectivity index (χ1v) is 10.3. The van der Waals surface area contributed by atoms with Crippen molar-refractivity contribution in [3.05, 3.63) is 29.3 Å². The number of nitrogens with zero attached hydrogens (tertiary/aromatic N) is 1. The number of carbonyl (C=O) groups is 1. The number of carbonyl (C=O) groups excluding carboxylic acids is 1. The molecule has 24 heavy (non-hydrogen) atoms. The third-order valence-corrected chi connectivity index (χ3v) is 6.60. The molecular weight excluding hydrogens is 324 g/mol. The lowest BCUT2D eigenvalue weighted by atomic mass is 9.98. The molecule has 0 aliphatic carbocycles. The van der Waals surface area contributed by atoms with Gasteiger partial charge in [0, 0.05) is 18.8 Å². The Morgan fingerprint density at radius 3 is 2.71 bits per heavy atom. The first-order valence-electron chi connectivity index (χ1n) is 8.69. The smallest absolute Gasteiger partial charge is 0.228 e. The lowest BCUT2D eigenvalue weighted by molar-refractivity contribution is -0.120. The molecular formula is C18H28N2O3S. The molecule has 1 aromatic rings. The fourth-order valence-electron chi connectivity index (χ4n) is 2.93. The highest BCUT2D eigenvalue weighted by Crippen LogP contribution is 2.22. The highest BCUT2D eigenvalue weighted by Gasteiger charge is 2.31. The van der Waals surface area contributed by atoms with E-state index in [4.69, 9.17) is 0 Å². The van der Waals surface area contributed by atoms with Crippen LogP contribution in [0.5, 0.6) is 0 Å². The van der Waals surface area contributed by atoms with Crippen LogP contribution >= 0.6 is 0 Å². The van der Waals surface area contributed by atoms with Gasteiger partial charge in [-0.3, -0.25) is 4.79 Å². The number of nitrogens with one attached hydrogen (secondary N) is 1. The second kappa shape index (κ2) is 8.12. The zero-order valence-electron chi connectivity index (χ0n) is 14.8. The molecule has 1 N–H and O–H groups in total. The normalized spacial score (nSPS) is 19.2. The van der Waals surface area contributed by atoms with E-state index in [9.17, 15) is 13.2 Å². The monoisotopic (exact) mass is 352 g/mol. The third kappa shape index (κ3) is 4.80. The number of rotatable bonds is 6. The van der Waals surface area contributed by atoms with Gasteiger partial charge >= 0.3 is 0 Å². The van der Waals surface area contributed by atoms with Crippen molar-refractivity contribution in [2.24, 2.45) is 5.92 Å². The number of piperidine rings is 1. The van der Waals surface area contributed by atoms with E-state index in [-0.39, 0.29) is 17.6 Å². The van der Waals surface area contributed by atoms with E-state index >= 15 is 0 Å². The molecule has 1 saturated heterocycles. The summed E-state index contributed by atoms with van der Waals surface area (Å²) in [4.78, 5) is 12.5. The van der Waals surface area contributed by atoms with Crippen LogP contribution in [0.1, 0.15) is 43.7 Å². The van der Waals surface area contributed by atoms with Crippen molar-refractivity contribution < 1.29 is 13.2 Å². The Bertz CT molecular complexity index is 686. The van der Waals surface area contributed by atoms with E-state index in [1.165, 1.54) is 9.87 Å². The van der Waals surface area contributed by atoms with Crippen LogP contribution in [-0.2, 0) is 14.8 Å². The lowest BCUT2D eigenvalue weighted by Gasteiger charge is -2.31. The molecule has 1 fully saturated rings. The molecule has 1 atom stereocenters. The average molecular weight is 353 g/mol. The number of sulfonamides is 1. The third-order valence-electron chi connectivity index (χ3n) is 4.68. The summed E-state index contributed by atoms with van der Waals surface area (Å²) in [5, 5.41) is 2.93. The van der Waals surface area contributed by atoms with Crippen molar-refractivity contribution in [2.75, 3.05) is 24.2 Å². The molecule has 134 valence electrons. The van der Waals surface area contributed by atoms with Gasteiger partial charge in [-0.05, 0) is 56.4 Å². The summed E-state index contributed by atoms with van der Waals surface area (Å²) in [6.07, 6.45) is 2.98. The Labute approximate surface area is 145 Å². The van der Waals surface area contributed by atoms with E-state index in [1.807, 2.05) is 39.0 Å². The van der Waals surface area contributed by atoms with Crippen LogP contribution in [0.25, 0.3) is 0 Å². The highest BCUT2D eigenvalue weighted by atomic mass is 32.2. The van der Waals surface area contributed by atoms with Crippen molar-refractivity contribution in [2.45, 2.75) is 46.5 Å². The van der Waals surface area contributed by atoms with Crippen LogP contribution in [0.4, 0.5) is 5.69 Å². The second-order valence-electron chi connectivity index (χ2n) is 6.66. The molecule has 1 aliphatic heterocycles. The molecule has 0 radical (unpaired) electrons. The van der Waals surface area contributed by atoms with Gasteiger partial charge in [-0.2, -0.15) is 0 Å². The first kappa shape index (κ1) is 18.9. The molecule has 0 bridgehead atoms. The molecule has 1 aliphatic rings. The number of anilines is 1. The number of aryl methyl sites for hydroxylation is 2. The predicted octanol–water partition coefficient (Wildman–Crippen LogP) is 3.08. The minimum absolute atomic E-state index is 0.0892. The molecule has 0 unspecified atom stereocenters. The SMILES string of the molecule is CCCCS(=O)(=O)N1CCC[C@H](C(=O)Nc2ccc(C)c(C)c2)C1. The summed E-state index contributed by atoms with van der Waals surface area (Å²) in [7, 11) is -3.24. The first-order chi connectivity index (χ1) is 11.3. The Balaban J connectivity index is 2.00. The van der Waals surface area contributed by atoms with Gasteiger partial charge in [-0.1, -0.05) is 19.4 Å². The van der Waals surface area contributed by atoms with Crippen LogP contribution in [0.3, 0.4) is 0 Å². The predicted molar refractivity (Wildman–Crippen MR) is 97.5 cm³/mol. The minimum Gasteiger partial charge on any atom is -0.326 e. The van der Waals surface area contributed by atoms with Crippen LogP contribution in [0.15, 0.2) is 18.2 Å². The lowest BCUT2D eigenvalue weighted by Crippen LogP contribution is -2.44. The van der Waals surface area contributed by atoms with Crippen molar-refractivity contribution in [1.29, 1.82) is 0 Å². The molecule has 1 amide bonds. The molecule has 5 nitrogen and oxygen atoms in total. The zero-order chi connectivity index (χ0) is 17.7. The van der Waals surface area contributed by atoms with Gasteiger partial charge in [0.05, 0.1) is 11.7 Å². The summed E-state index contributed by atoms with van der Waals surface area (Å²) in [5.41, 5.74) is 3.08. The molecule has 0 aromatic heterocycles. The molecule has 0 spiro atoms. The van der Waals surface area contributed by atoms with Crippen molar-refractivity contribution >= 4 is 21.6 Å². The summed E-state index contributed by atoms with van der Waals surface area (Å²) in [5.74, 6) is -0.194. The molecule has 6 heteroatoms. The van der Waals surface area contributed by atoms with Crippen LogP contribution in [0, 0.1) is 19.8 Å². The van der Waals surface area contributed by atoms with E-state index in [0.29, 0.717) is 19.5 Å². The van der Waals surface area contributed by atoms with Gasteiger partial charge in [0.1, 0.15) is 0 Å². The van der Waals surface area contributed by atoms with Gasteiger partial charge in [0.25, 0.3) is 0 Å². The van der Waals surface area contributed by atoms with Crippen molar-refractivity contribution in [3.8, 4) is 0 Å². The van der Waals surface area contributed by atoms with Crippen LogP contribution in [0.2, 0.25) is 0 Å². The maximum atomic E-state index is 12.5. The molecule has 2 rings (SSSR count). The van der Waals surface area contributed by atoms with Gasteiger partial charge in [0.15, 0.2) is 0 Å². The fourth-order valence-corrected chi connectivity index (χ4v) is 4.65. The van der Waals surface area contributed by atoms with Crippen LogP contribution < -0.4 is 5.32 Å². The summed E-state index contributed by atoms with van der Waals surface area (Å²) in [6.45, 7) is 6.84. The van der Waals surface area contributed by atoms with Gasteiger partial charge in [0.2, 0.25) is 15.9 Å². The highest BCUT2D eigenvalue weighted by molar-refractivity contribution is 7.89. The van der Waals surface area contributed by atoms with E-state index < -0.39 is 10.0 Å². The number of unbranched alkanes of at least 4 members (excludes halogenated alkanes) is 1. The number of hydrogen-bond acceptors (Lipinski definition) is 3. The minimum atomic E-state index is -3.24. The van der Waals surface area contributed by atoms with Crippen molar-refractivity contribution in [3.63, 3.8) is 0 Å². The summed E-state index contributed by atoms with van der Waals surface area (Å²) >= 11 is 0. The van der Waals surface area contributed by atoms with Crippen molar-refractivity contribution in [1.82, 2.24) is 4.31 Å². The topological polar surface area (TPSA) is 66.5 Å². The fraction of sp³-hybridized carbons (Fsp3) is 0.611. The molecule has 1 heterocycles. The number of hydrogen-bond donors (Lipinski definition) is 1. The Kier molecular flexibility index (Phi) is 6.40. The van der Waals surface area contributed by atoms with E-state index in [0.717, 1.165) is 30.5 Å². The van der Waals surface area contributed by atoms with Gasteiger partial charge < -0.3 is 5.32 Å². The van der Waals surface area contributed by atoms with E-state index in [1.54, 1.807) is 0 Å². The number of amides is 1. The van der Waals surface area contributed by atoms with Gasteiger partial charge in [-0.15, -0.1) is 0 Å². The Morgan fingerprint density at radius 1 is 1.29 bits per heavy atom. The summed E-state index contributed by atoms with van der Waals surface area (Å²) < 4.78 is 26.2. The molecule has 1 aromatic carbocycles. The quantitative estimate of drug-likeness (QED) is 0.855. The second-order valence-corrected chi connectivity index (χ2v) is 8.74. The Morgan fingerprint density at radius 2 is 2.04 bits per heavy atom. The average Bonchev–Trinajstić information content (AvgIpc) is 2.56. The maximum absolute atomic E-state index is 12.5.